The van der Waals surface area contributed by atoms with E-state index in [1.54, 1.807) is 42.5 Å². The zero-order chi connectivity index (χ0) is 17.1. The largest absolute Gasteiger partial charge is 0.595 e. The molecule has 0 amide bonds. The summed E-state index contributed by atoms with van der Waals surface area (Å²) < 4.78 is 10.9. The summed E-state index contributed by atoms with van der Waals surface area (Å²) in [5, 5.41) is 19.1. The van der Waals surface area contributed by atoms with Crippen molar-refractivity contribution in [3.8, 4) is 11.3 Å². The summed E-state index contributed by atoms with van der Waals surface area (Å²) in [6, 6.07) is 9.96. The number of quaternary nitrogens is 1. The zero-order valence-electron chi connectivity index (χ0n) is 13.1. The number of cyclic esters (lactones) is 1. The third kappa shape index (κ3) is 3.46. The number of ether oxygens (including phenoxy) is 1. The smallest absolute Gasteiger partial charge is 0.343 e. The Bertz CT molecular complexity index is 816. The van der Waals surface area contributed by atoms with Gasteiger partial charge >= 0.3 is 5.97 Å². The number of nitrogens with one attached hydrogen (secondary N) is 1. The monoisotopic (exact) mass is 327 g/mol. The number of benzene rings is 1. The molecule has 24 heavy (non-hydrogen) atoms. The summed E-state index contributed by atoms with van der Waals surface area (Å²) in [6.07, 6.45) is 4.96. The van der Waals surface area contributed by atoms with Gasteiger partial charge in [-0.15, -0.1) is 0 Å². The van der Waals surface area contributed by atoms with Crippen LogP contribution >= 0.6 is 0 Å². The molecule has 1 aliphatic rings. The quantitative estimate of drug-likeness (QED) is 0.501. The van der Waals surface area contributed by atoms with Gasteiger partial charge < -0.3 is 14.4 Å². The predicted octanol–water partition coefficient (Wildman–Crippen LogP) is 2.97. The van der Waals surface area contributed by atoms with Crippen molar-refractivity contribution < 1.29 is 24.4 Å². The van der Waals surface area contributed by atoms with Crippen LogP contribution in [-0.4, -0.2) is 11.2 Å². The third-order valence-corrected chi connectivity index (χ3v) is 3.59. The minimum absolute atomic E-state index is 0.190. The number of esters is 1. The molecule has 0 saturated heterocycles. The second kappa shape index (κ2) is 6.84. The van der Waals surface area contributed by atoms with Crippen LogP contribution in [0, 0.1) is 5.21 Å². The molecule has 1 aromatic heterocycles. The Labute approximate surface area is 138 Å². The lowest BCUT2D eigenvalue weighted by molar-refractivity contribution is -0.991. The van der Waals surface area contributed by atoms with E-state index < -0.39 is 5.23 Å². The van der Waals surface area contributed by atoms with E-state index in [1.807, 2.05) is 6.92 Å². The molecule has 0 aliphatic carbocycles. The average Bonchev–Trinajstić information content (AvgIpc) is 3.16. The minimum Gasteiger partial charge on any atom is -0.595 e. The summed E-state index contributed by atoms with van der Waals surface area (Å²) in [5.74, 6) is 1.32. The molecule has 1 atom stereocenters. The first-order valence-corrected chi connectivity index (χ1v) is 7.65. The van der Waals surface area contributed by atoms with Crippen LogP contribution in [-0.2, 0) is 9.53 Å². The molecular weight excluding hydrogens is 310 g/mol. The SMILES string of the molecule is CCCC1=CC(=Cc2ccc(-c3cccc([NH+]([O-])O)c3)o2)C(=O)O1. The normalized spacial score (nSPS) is 17.0. The number of carbonyl (C=O) groups is 1. The molecule has 0 saturated carbocycles. The predicted molar refractivity (Wildman–Crippen MR) is 87.0 cm³/mol. The van der Waals surface area contributed by atoms with Crippen molar-refractivity contribution in [2.75, 3.05) is 0 Å². The molecular formula is C18H17NO5. The Morgan fingerprint density at radius 1 is 1.29 bits per heavy atom. The number of allylic oxidation sites excluding steroid dienone is 1. The number of rotatable bonds is 5. The fourth-order valence-corrected chi connectivity index (χ4v) is 2.45. The molecule has 6 heteroatoms. The lowest BCUT2D eigenvalue weighted by Crippen LogP contribution is -2.99. The van der Waals surface area contributed by atoms with Gasteiger partial charge in [-0.05, 0) is 30.7 Å². The van der Waals surface area contributed by atoms with Crippen LogP contribution in [0.5, 0.6) is 0 Å². The van der Waals surface area contributed by atoms with Crippen LogP contribution in [0.1, 0.15) is 25.5 Å². The van der Waals surface area contributed by atoms with E-state index in [9.17, 15) is 10.0 Å². The van der Waals surface area contributed by atoms with Gasteiger partial charge in [0.25, 0.3) is 0 Å². The summed E-state index contributed by atoms with van der Waals surface area (Å²) in [7, 11) is 0. The van der Waals surface area contributed by atoms with E-state index in [1.165, 1.54) is 6.07 Å². The second-order valence-electron chi connectivity index (χ2n) is 5.44. The average molecular weight is 327 g/mol. The summed E-state index contributed by atoms with van der Waals surface area (Å²) in [5.41, 5.74) is 1.30. The molecule has 0 bridgehead atoms. The van der Waals surface area contributed by atoms with Gasteiger partial charge in [-0.3, -0.25) is 0 Å². The van der Waals surface area contributed by atoms with Gasteiger partial charge in [-0.1, -0.05) is 19.1 Å². The molecule has 0 fully saturated rings. The Morgan fingerprint density at radius 3 is 2.88 bits per heavy atom. The lowest BCUT2D eigenvalue weighted by Gasteiger charge is -2.11. The highest BCUT2D eigenvalue weighted by Crippen LogP contribution is 2.27. The van der Waals surface area contributed by atoms with Gasteiger partial charge in [0.1, 0.15) is 17.3 Å². The highest BCUT2D eigenvalue weighted by Gasteiger charge is 2.20. The number of hydrogen-bond donors (Lipinski definition) is 2. The van der Waals surface area contributed by atoms with E-state index in [-0.39, 0.29) is 11.7 Å². The van der Waals surface area contributed by atoms with E-state index in [4.69, 9.17) is 14.4 Å². The Balaban J connectivity index is 1.85. The van der Waals surface area contributed by atoms with Crippen LogP contribution in [0.25, 0.3) is 17.4 Å². The summed E-state index contributed by atoms with van der Waals surface area (Å²) >= 11 is 0. The molecule has 3 rings (SSSR count). The van der Waals surface area contributed by atoms with Crippen molar-refractivity contribution in [1.82, 2.24) is 0 Å². The minimum atomic E-state index is -0.993. The van der Waals surface area contributed by atoms with Crippen molar-refractivity contribution in [2.45, 2.75) is 19.8 Å². The van der Waals surface area contributed by atoms with E-state index in [2.05, 4.69) is 0 Å². The van der Waals surface area contributed by atoms with Crippen LogP contribution < -0.4 is 5.23 Å². The number of furan rings is 1. The maximum absolute atomic E-state index is 11.8. The first-order chi connectivity index (χ1) is 11.6. The van der Waals surface area contributed by atoms with Crippen LogP contribution in [0.2, 0.25) is 0 Å². The molecule has 2 N–H and O–H groups in total. The van der Waals surface area contributed by atoms with E-state index in [0.717, 1.165) is 6.42 Å². The Hall–Kier alpha value is -2.67. The summed E-state index contributed by atoms with van der Waals surface area (Å²) in [6.45, 7) is 2.01. The van der Waals surface area contributed by atoms with Gasteiger partial charge in [-0.2, -0.15) is 5.23 Å². The Morgan fingerprint density at radius 2 is 2.12 bits per heavy atom. The summed E-state index contributed by atoms with van der Waals surface area (Å²) in [4.78, 5) is 11.8. The second-order valence-corrected chi connectivity index (χ2v) is 5.44. The zero-order valence-corrected chi connectivity index (χ0v) is 13.1. The van der Waals surface area contributed by atoms with Crippen LogP contribution in [0.3, 0.4) is 0 Å². The molecule has 2 aromatic rings. The number of carbonyl (C=O) groups excluding carboxylic acids is 1. The topological polar surface area (TPSA) is 87.2 Å². The first kappa shape index (κ1) is 16.2. The van der Waals surface area contributed by atoms with Crippen LogP contribution in [0.4, 0.5) is 5.69 Å². The molecule has 1 aliphatic heterocycles. The molecule has 1 aromatic carbocycles. The molecule has 1 unspecified atom stereocenters. The molecule has 0 radical (unpaired) electrons. The fourth-order valence-electron chi connectivity index (χ4n) is 2.45. The van der Waals surface area contributed by atoms with Gasteiger partial charge in [0.05, 0.1) is 5.57 Å². The first-order valence-electron chi connectivity index (χ1n) is 7.65. The number of hydrogen-bond acceptors (Lipinski definition) is 5. The molecule has 6 nitrogen and oxygen atoms in total. The van der Waals surface area contributed by atoms with E-state index >= 15 is 0 Å². The molecule has 2 heterocycles. The standard InChI is InChI=1S/C18H17NO5/c1-2-4-15-10-13(18(20)24-15)11-16-7-8-17(23-16)12-5-3-6-14(9-12)19(21)22/h3,5-11,19,21H,2,4H2,1H3. The van der Waals surface area contributed by atoms with Gasteiger partial charge in [0.15, 0.2) is 5.69 Å². The van der Waals surface area contributed by atoms with Crippen molar-refractivity contribution in [1.29, 1.82) is 0 Å². The van der Waals surface area contributed by atoms with Crippen molar-refractivity contribution in [2.24, 2.45) is 0 Å². The highest BCUT2D eigenvalue weighted by atomic mass is 16.8. The van der Waals surface area contributed by atoms with E-state index in [0.29, 0.717) is 34.8 Å². The van der Waals surface area contributed by atoms with Gasteiger partial charge in [0, 0.05) is 24.1 Å². The maximum atomic E-state index is 11.8. The Kier molecular flexibility index (Phi) is 4.61. The maximum Gasteiger partial charge on any atom is 0.343 e. The van der Waals surface area contributed by atoms with Crippen molar-refractivity contribution >= 4 is 17.7 Å². The lowest BCUT2D eigenvalue weighted by atomic mass is 10.1. The third-order valence-electron chi connectivity index (χ3n) is 3.59. The van der Waals surface area contributed by atoms with Crippen LogP contribution in [0.15, 0.2) is 58.2 Å². The van der Waals surface area contributed by atoms with Crippen molar-refractivity contribution in [3.63, 3.8) is 0 Å². The van der Waals surface area contributed by atoms with Crippen molar-refractivity contribution in [3.05, 3.63) is 64.8 Å². The van der Waals surface area contributed by atoms with Gasteiger partial charge in [0.2, 0.25) is 0 Å². The molecule has 0 spiro atoms. The van der Waals surface area contributed by atoms with Gasteiger partial charge in [-0.25, -0.2) is 10.0 Å². The highest BCUT2D eigenvalue weighted by molar-refractivity contribution is 5.99. The fraction of sp³-hybridized carbons (Fsp3) is 0.167. The molecule has 124 valence electrons.